The first-order chi connectivity index (χ1) is 9.61. The van der Waals surface area contributed by atoms with Crippen LogP contribution in [0.25, 0.3) is 0 Å². The molecule has 0 spiro atoms. The van der Waals surface area contributed by atoms with Crippen LogP contribution < -0.4 is 0 Å². The molecule has 0 bridgehead atoms. The van der Waals surface area contributed by atoms with Crippen LogP contribution in [0, 0.1) is 5.92 Å². The Morgan fingerprint density at radius 3 is 3.10 bits per heavy atom. The normalized spacial score (nSPS) is 17.8. The average molecular weight is 292 g/mol. The number of benzene rings is 1. The van der Waals surface area contributed by atoms with E-state index in [9.17, 15) is 4.79 Å². The van der Waals surface area contributed by atoms with Crippen LogP contribution in [0.2, 0.25) is 5.02 Å². The van der Waals surface area contributed by atoms with Crippen LogP contribution >= 0.6 is 11.6 Å². The van der Waals surface area contributed by atoms with Crippen molar-refractivity contribution in [1.29, 1.82) is 0 Å². The molecule has 1 aliphatic rings. The lowest BCUT2D eigenvalue weighted by atomic mass is 9.98. The SMILES string of the molecule is O=C(O)C1CCn2nc(Cc3cccc(Cl)c3)nc2C1. The van der Waals surface area contributed by atoms with Crippen molar-refractivity contribution in [3.63, 3.8) is 0 Å². The maximum atomic E-state index is 11.0. The number of aromatic nitrogens is 3. The summed E-state index contributed by atoms with van der Waals surface area (Å²) < 4.78 is 1.82. The lowest BCUT2D eigenvalue weighted by molar-refractivity contribution is -0.142. The number of hydrogen-bond acceptors (Lipinski definition) is 3. The standard InChI is InChI=1S/C14H14ClN3O2/c15-11-3-1-2-9(6-11)7-12-16-13-8-10(14(19)20)4-5-18(13)17-12/h1-3,6,10H,4-5,7-8H2,(H,19,20). The topological polar surface area (TPSA) is 68.0 Å². The molecule has 6 heteroatoms. The summed E-state index contributed by atoms with van der Waals surface area (Å²) in [5, 5.41) is 14.2. The van der Waals surface area contributed by atoms with Gasteiger partial charge in [0.2, 0.25) is 0 Å². The van der Waals surface area contributed by atoms with Gasteiger partial charge in [0.25, 0.3) is 0 Å². The minimum Gasteiger partial charge on any atom is -0.481 e. The van der Waals surface area contributed by atoms with Crippen LogP contribution in [0.1, 0.15) is 23.6 Å². The molecule has 2 heterocycles. The first-order valence-corrected chi connectivity index (χ1v) is 6.89. The van der Waals surface area contributed by atoms with Gasteiger partial charge in [0.05, 0.1) is 5.92 Å². The molecule has 1 N–H and O–H groups in total. The minimum atomic E-state index is -0.754. The highest BCUT2D eigenvalue weighted by Gasteiger charge is 2.26. The third-order valence-corrected chi connectivity index (χ3v) is 3.75. The van der Waals surface area contributed by atoms with Gasteiger partial charge in [0, 0.05) is 24.4 Å². The van der Waals surface area contributed by atoms with Crippen molar-refractivity contribution < 1.29 is 9.90 Å². The molecular weight excluding hydrogens is 278 g/mol. The number of fused-ring (bicyclic) bond motifs is 1. The zero-order valence-corrected chi connectivity index (χ0v) is 11.5. The number of nitrogens with zero attached hydrogens (tertiary/aromatic N) is 3. The summed E-state index contributed by atoms with van der Waals surface area (Å²) in [6.45, 7) is 0.620. The molecule has 0 aliphatic carbocycles. The third kappa shape index (κ3) is 2.67. The van der Waals surface area contributed by atoms with Crippen LogP contribution in [0.15, 0.2) is 24.3 Å². The molecule has 1 aliphatic heterocycles. The summed E-state index contributed by atoms with van der Waals surface area (Å²) in [7, 11) is 0. The van der Waals surface area contributed by atoms with E-state index >= 15 is 0 Å². The number of hydrogen-bond donors (Lipinski definition) is 1. The Morgan fingerprint density at radius 2 is 2.35 bits per heavy atom. The largest absolute Gasteiger partial charge is 0.481 e. The van der Waals surface area contributed by atoms with Gasteiger partial charge in [-0.1, -0.05) is 23.7 Å². The van der Waals surface area contributed by atoms with Gasteiger partial charge in [-0.3, -0.25) is 4.79 Å². The number of carboxylic acids is 1. The second kappa shape index (κ2) is 5.25. The molecule has 104 valence electrons. The Labute approximate surface area is 121 Å². The number of rotatable bonds is 3. The summed E-state index contributed by atoms with van der Waals surface area (Å²) >= 11 is 5.95. The van der Waals surface area contributed by atoms with E-state index in [4.69, 9.17) is 16.7 Å². The summed E-state index contributed by atoms with van der Waals surface area (Å²) in [4.78, 5) is 15.5. The molecule has 1 unspecified atom stereocenters. The van der Waals surface area contributed by atoms with Gasteiger partial charge in [-0.15, -0.1) is 0 Å². The van der Waals surface area contributed by atoms with Crippen LogP contribution in [0.4, 0.5) is 0 Å². The Morgan fingerprint density at radius 1 is 1.50 bits per heavy atom. The molecule has 0 amide bonds. The fourth-order valence-corrected chi connectivity index (χ4v) is 2.68. The molecule has 5 nitrogen and oxygen atoms in total. The highest BCUT2D eigenvalue weighted by molar-refractivity contribution is 6.30. The highest BCUT2D eigenvalue weighted by atomic mass is 35.5. The monoisotopic (exact) mass is 291 g/mol. The first kappa shape index (κ1) is 13.1. The predicted molar refractivity (Wildman–Crippen MR) is 73.7 cm³/mol. The predicted octanol–water partition coefficient (Wildman–Crippen LogP) is 2.17. The Hall–Kier alpha value is -1.88. The fourth-order valence-electron chi connectivity index (χ4n) is 2.47. The molecular formula is C14H14ClN3O2. The van der Waals surface area contributed by atoms with Gasteiger partial charge in [-0.05, 0) is 24.1 Å². The van der Waals surface area contributed by atoms with Crippen LogP contribution in [0.3, 0.4) is 0 Å². The lowest BCUT2D eigenvalue weighted by Crippen LogP contribution is -2.26. The number of halogens is 1. The number of aliphatic carboxylic acids is 1. The van der Waals surface area contributed by atoms with Crippen LogP contribution in [-0.2, 0) is 24.2 Å². The van der Waals surface area contributed by atoms with E-state index in [-0.39, 0.29) is 5.92 Å². The van der Waals surface area contributed by atoms with Crippen LogP contribution in [-0.4, -0.2) is 25.8 Å². The molecule has 1 aromatic heterocycles. The van der Waals surface area contributed by atoms with Crippen molar-refractivity contribution in [1.82, 2.24) is 14.8 Å². The van der Waals surface area contributed by atoms with Crippen molar-refractivity contribution >= 4 is 17.6 Å². The summed E-state index contributed by atoms with van der Waals surface area (Å²) in [6.07, 6.45) is 1.68. The van der Waals surface area contributed by atoms with Crippen molar-refractivity contribution in [3.05, 3.63) is 46.5 Å². The molecule has 3 rings (SSSR count). The van der Waals surface area contributed by atoms with E-state index < -0.39 is 5.97 Å². The molecule has 1 atom stereocenters. The lowest BCUT2D eigenvalue weighted by Gasteiger charge is -2.17. The van der Waals surface area contributed by atoms with Gasteiger partial charge < -0.3 is 5.11 Å². The third-order valence-electron chi connectivity index (χ3n) is 3.51. The smallest absolute Gasteiger partial charge is 0.307 e. The highest BCUT2D eigenvalue weighted by Crippen LogP contribution is 2.20. The van der Waals surface area contributed by atoms with Crippen molar-refractivity contribution in [2.75, 3.05) is 0 Å². The minimum absolute atomic E-state index is 0.342. The Balaban J connectivity index is 1.79. The molecule has 0 fully saturated rings. The summed E-state index contributed by atoms with van der Waals surface area (Å²) in [6, 6.07) is 7.59. The summed E-state index contributed by atoms with van der Waals surface area (Å²) in [5.41, 5.74) is 1.05. The second-order valence-corrected chi connectivity index (χ2v) is 5.44. The van der Waals surface area contributed by atoms with E-state index in [1.165, 1.54) is 0 Å². The fraction of sp³-hybridized carbons (Fsp3) is 0.357. The molecule has 2 aromatic rings. The average Bonchev–Trinajstić information content (AvgIpc) is 2.79. The van der Waals surface area contributed by atoms with Crippen molar-refractivity contribution in [2.24, 2.45) is 5.92 Å². The van der Waals surface area contributed by atoms with Gasteiger partial charge in [-0.2, -0.15) is 5.10 Å². The Bertz CT molecular complexity index is 654. The summed E-state index contributed by atoms with van der Waals surface area (Å²) in [5.74, 6) is 0.385. The zero-order chi connectivity index (χ0) is 14.1. The molecule has 0 radical (unpaired) electrons. The molecule has 0 saturated heterocycles. The maximum absolute atomic E-state index is 11.0. The quantitative estimate of drug-likeness (QED) is 0.941. The first-order valence-electron chi connectivity index (χ1n) is 6.51. The molecule has 1 aromatic carbocycles. The second-order valence-electron chi connectivity index (χ2n) is 5.00. The van der Waals surface area contributed by atoms with Crippen molar-refractivity contribution in [2.45, 2.75) is 25.8 Å². The van der Waals surface area contributed by atoms with Crippen LogP contribution in [0.5, 0.6) is 0 Å². The van der Waals surface area contributed by atoms with E-state index in [1.807, 2.05) is 28.9 Å². The van der Waals surface area contributed by atoms with E-state index in [1.54, 1.807) is 0 Å². The van der Waals surface area contributed by atoms with E-state index in [0.29, 0.717) is 36.7 Å². The number of carboxylic acid groups (broad SMARTS) is 1. The van der Waals surface area contributed by atoms with Gasteiger partial charge in [0.15, 0.2) is 5.82 Å². The zero-order valence-electron chi connectivity index (χ0n) is 10.8. The van der Waals surface area contributed by atoms with E-state index in [0.717, 1.165) is 11.4 Å². The van der Waals surface area contributed by atoms with Gasteiger partial charge in [0.1, 0.15) is 5.82 Å². The van der Waals surface area contributed by atoms with Crippen molar-refractivity contribution in [3.8, 4) is 0 Å². The van der Waals surface area contributed by atoms with Gasteiger partial charge >= 0.3 is 5.97 Å². The Kier molecular flexibility index (Phi) is 3.44. The number of carbonyl (C=O) groups is 1. The molecule has 20 heavy (non-hydrogen) atoms. The maximum Gasteiger partial charge on any atom is 0.307 e. The number of aryl methyl sites for hydroxylation is 1. The van der Waals surface area contributed by atoms with Gasteiger partial charge in [-0.25, -0.2) is 9.67 Å². The molecule has 0 saturated carbocycles. The van der Waals surface area contributed by atoms with E-state index in [2.05, 4.69) is 10.1 Å².